The number of Topliss-reactive ketones (excluding diaryl/α,β-unsaturated/α-hetero) is 2. The number of aliphatic imine (C=N–C) groups is 1. The molecule has 74 heavy (non-hydrogen) atoms. The van der Waals surface area contributed by atoms with Crippen molar-refractivity contribution in [2.75, 3.05) is 50.7 Å². The summed E-state index contributed by atoms with van der Waals surface area (Å²) in [5, 5.41) is 26.3. The van der Waals surface area contributed by atoms with Gasteiger partial charge in [-0.05, 0) is 110 Å². The highest BCUT2D eigenvalue weighted by Crippen LogP contribution is 2.62. The number of benzene rings is 2. The molecule has 0 bridgehead atoms. The molecule has 5 atom stereocenters. The van der Waals surface area contributed by atoms with Crippen LogP contribution in [0.2, 0.25) is 0 Å². The first-order valence-electron chi connectivity index (χ1n) is 27.0. The van der Waals surface area contributed by atoms with Gasteiger partial charge in [0.1, 0.15) is 17.7 Å². The Balaban J connectivity index is 0.700. The number of carbonyl (C=O) groups excluding carboxylic acids is 4. The number of nitrogens with one attached hydrogen (secondary N) is 2. The molecular formula is C60H78N8O6. The van der Waals surface area contributed by atoms with Gasteiger partial charge in [-0.25, -0.2) is 4.98 Å². The van der Waals surface area contributed by atoms with Gasteiger partial charge in [-0.15, -0.1) is 0 Å². The summed E-state index contributed by atoms with van der Waals surface area (Å²) < 4.78 is 6.52. The highest BCUT2D eigenvalue weighted by Gasteiger charge is 2.63. The first kappa shape index (κ1) is 53.1. The maximum Gasteiger partial charge on any atom is 0.234 e. The van der Waals surface area contributed by atoms with Crippen LogP contribution in [0.4, 0.5) is 5.82 Å². The summed E-state index contributed by atoms with van der Waals surface area (Å²) in [4.78, 5) is 71.8. The van der Waals surface area contributed by atoms with Crippen molar-refractivity contribution < 1.29 is 29.0 Å². The fourth-order valence-electron chi connectivity index (χ4n) is 13.9. The van der Waals surface area contributed by atoms with Gasteiger partial charge in [0.25, 0.3) is 0 Å². The number of hydrogen-bond acceptors (Lipinski definition) is 12. The van der Waals surface area contributed by atoms with E-state index in [0.29, 0.717) is 23.6 Å². The van der Waals surface area contributed by atoms with Crippen LogP contribution >= 0.6 is 0 Å². The van der Waals surface area contributed by atoms with E-state index in [1.54, 1.807) is 12.3 Å². The predicted octanol–water partition coefficient (Wildman–Crippen LogP) is 8.12. The zero-order valence-electron chi connectivity index (χ0n) is 45.3. The summed E-state index contributed by atoms with van der Waals surface area (Å²) in [6.07, 6.45) is 6.68. The molecule has 394 valence electrons. The number of nitrogens with zero attached hydrogens (tertiary/aromatic N) is 6. The zero-order chi connectivity index (χ0) is 53.1. The van der Waals surface area contributed by atoms with Gasteiger partial charge in [0.15, 0.2) is 11.6 Å². The summed E-state index contributed by atoms with van der Waals surface area (Å²) in [6.45, 7) is 25.8. The van der Waals surface area contributed by atoms with Crippen LogP contribution in [0.5, 0.6) is 5.75 Å². The van der Waals surface area contributed by atoms with Crippen LogP contribution in [0.1, 0.15) is 139 Å². The standard InChI is InChI=1S/C60H78N8O6/c1-36-25-45(17-15-41(36)31-61)74-56-58(7,8)50(59(56,9)10)28-49(70)42-16-18-51(63-32-42)68-34-60(35-68)29-43(30-60)67-23-21-66(22-24-67)33-52(71)65-54(57(4,5)6)53(72)47-26-44(69)27-48(47)55(73)64-37(2)39-11-13-40(14-12-39)46-19-20-62-38(46)3/h11-18,20,25,32,37,43-44,47-48,50,54,56,69H,19,21-24,26-30,33-35H2,1-10H3,(H,64,73)(H,65,71)/t37-,44-,47?,48?,50?,54?,56?/m0/s1. The van der Waals surface area contributed by atoms with E-state index in [9.17, 15) is 29.5 Å². The van der Waals surface area contributed by atoms with E-state index in [-0.39, 0.29) is 77.1 Å². The lowest BCUT2D eigenvalue weighted by Crippen LogP contribution is -2.68. The van der Waals surface area contributed by atoms with Gasteiger partial charge in [0.2, 0.25) is 11.8 Å². The van der Waals surface area contributed by atoms with Crippen molar-refractivity contribution in [1.29, 1.82) is 5.26 Å². The highest BCUT2D eigenvalue weighted by molar-refractivity contribution is 5.97. The summed E-state index contributed by atoms with van der Waals surface area (Å²) in [5.41, 5.74) is 5.66. The molecule has 1 aromatic heterocycles. The van der Waals surface area contributed by atoms with Crippen LogP contribution in [0.15, 0.2) is 71.5 Å². The molecule has 6 aliphatic rings. The molecule has 3 aliphatic heterocycles. The smallest absolute Gasteiger partial charge is 0.234 e. The molecule has 2 aromatic carbocycles. The van der Waals surface area contributed by atoms with Crippen LogP contribution in [0.25, 0.3) is 5.57 Å². The van der Waals surface area contributed by atoms with Gasteiger partial charge in [0.05, 0.1) is 42.3 Å². The Morgan fingerprint density at radius 2 is 1.58 bits per heavy atom. The summed E-state index contributed by atoms with van der Waals surface area (Å²) in [5.74, 6) is -0.189. The third-order valence-electron chi connectivity index (χ3n) is 18.0. The second-order valence-corrected chi connectivity index (χ2v) is 25.1. The SMILES string of the molecule is CC1=C(c2ccc([C@H](C)NC(=O)C3C[C@@H](O)CC3C(=O)C(NC(=O)CN3CCN(C4CC5(C4)CN(c4ccc(C(=O)CC6C(C)(C)C(Oc7ccc(C#N)c(C)c7)C6(C)C)cn4)C5)CC3)C(C)(C)C)cc2)CC=N1. The van der Waals surface area contributed by atoms with Crippen molar-refractivity contribution in [3.8, 4) is 11.8 Å². The third-order valence-corrected chi connectivity index (χ3v) is 18.0. The van der Waals surface area contributed by atoms with Crippen LogP contribution in [0, 0.1) is 57.7 Å². The lowest BCUT2D eigenvalue weighted by molar-refractivity contribution is -0.196. The Bertz CT molecular complexity index is 2710. The maximum atomic E-state index is 14.4. The van der Waals surface area contributed by atoms with E-state index in [1.807, 2.05) is 84.2 Å². The number of aromatic nitrogens is 1. The van der Waals surface area contributed by atoms with Crippen molar-refractivity contribution in [3.63, 3.8) is 0 Å². The molecule has 5 fully saturated rings. The van der Waals surface area contributed by atoms with Crippen LogP contribution in [0.3, 0.4) is 0 Å². The Morgan fingerprint density at radius 1 is 0.905 bits per heavy atom. The number of aliphatic hydroxyl groups is 1. The monoisotopic (exact) mass is 1010 g/mol. The van der Waals surface area contributed by atoms with Crippen molar-refractivity contribution in [2.45, 2.75) is 138 Å². The molecule has 3 saturated carbocycles. The number of piperazine rings is 1. The molecule has 0 radical (unpaired) electrons. The number of nitriles is 1. The van der Waals surface area contributed by atoms with Gasteiger partial charge in [-0.1, -0.05) is 72.7 Å². The number of ketones is 2. The summed E-state index contributed by atoms with van der Waals surface area (Å²) >= 11 is 0. The quantitative estimate of drug-likeness (QED) is 0.118. The fourth-order valence-corrected chi connectivity index (χ4v) is 13.9. The number of aryl methyl sites for hydroxylation is 1. The molecule has 1 spiro atoms. The second-order valence-electron chi connectivity index (χ2n) is 25.1. The lowest BCUT2D eigenvalue weighted by atomic mass is 9.44. The van der Waals surface area contributed by atoms with Gasteiger partial charge < -0.3 is 25.4 Å². The number of ether oxygens (including phenoxy) is 1. The highest BCUT2D eigenvalue weighted by atomic mass is 16.5. The maximum absolute atomic E-state index is 14.4. The molecule has 14 heteroatoms. The number of aliphatic hydroxyl groups excluding tert-OH is 1. The first-order chi connectivity index (χ1) is 35.0. The molecule has 3 aromatic rings. The molecule has 9 rings (SSSR count). The third kappa shape index (κ3) is 10.6. The second kappa shape index (κ2) is 20.4. The Hall–Kier alpha value is -5.75. The van der Waals surface area contributed by atoms with Crippen molar-refractivity contribution in [1.82, 2.24) is 25.4 Å². The molecule has 3 N–H and O–H groups in total. The Morgan fingerprint density at radius 3 is 2.18 bits per heavy atom. The minimum Gasteiger partial charge on any atom is -0.489 e. The van der Waals surface area contributed by atoms with Crippen molar-refractivity contribution in [3.05, 3.63) is 94.3 Å². The Kier molecular flexibility index (Phi) is 14.6. The largest absolute Gasteiger partial charge is 0.489 e. The number of amides is 2. The molecular weight excluding hydrogens is 929 g/mol. The lowest BCUT2D eigenvalue weighted by Gasteiger charge is -2.63. The van der Waals surface area contributed by atoms with E-state index in [1.165, 1.54) is 5.57 Å². The molecule has 14 nitrogen and oxygen atoms in total. The van der Waals surface area contributed by atoms with Gasteiger partial charge in [-0.2, -0.15) is 5.26 Å². The first-order valence-corrected chi connectivity index (χ1v) is 27.0. The summed E-state index contributed by atoms with van der Waals surface area (Å²) in [7, 11) is 0. The zero-order valence-corrected chi connectivity index (χ0v) is 45.3. The number of carbonyl (C=O) groups is 4. The number of pyridine rings is 1. The van der Waals surface area contributed by atoms with Crippen LogP contribution in [-0.4, -0.2) is 120 Å². The van der Waals surface area contributed by atoms with Crippen molar-refractivity contribution in [2.24, 2.45) is 44.4 Å². The molecule has 3 unspecified atom stereocenters. The van der Waals surface area contributed by atoms with E-state index < -0.39 is 29.4 Å². The number of anilines is 1. The molecule has 2 amide bonds. The topological polar surface area (TPSA) is 181 Å². The van der Waals surface area contributed by atoms with E-state index in [2.05, 4.69) is 76.2 Å². The van der Waals surface area contributed by atoms with Crippen molar-refractivity contribution >= 4 is 41.0 Å². The van der Waals surface area contributed by atoms with E-state index >= 15 is 0 Å². The fraction of sp³-hybridized carbons (Fsp3) is 0.583. The van der Waals surface area contributed by atoms with Gasteiger partial charge in [0, 0.05) is 104 Å². The molecule has 4 heterocycles. The average molecular weight is 1010 g/mol. The van der Waals surface area contributed by atoms with Crippen LogP contribution in [-0.2, 0) is 14.4 Å². The minimum atomic E-state index is -0.812. The normalized spacial score (nSPS) is 26.1. The van der Waals surface area contributed by atoms with Gasteiger partial charge >= 0.3 is 0 Å². The number of hydrogen-bond donors (Lipinski definition) is 3. The predicted molar refractivity (Wildman–Crippen MR) is 288 cm³/mol. The summed E-state index contributed by atoms with van der Waals surface area (Å²) in [6, 6.07) is 19.3. The average Bonchev–Trinajstić information content (AvgIpc) is 3.95. The molecule has 2 saturated heterocycles. The minimum absolute atomic E-state index is 0.0793. The van der Waals surface area contributed by atoms with E-state index in [4.69, 9.17) is 9.72 Å². The van der Waals surface area contributed by atoms with Gasteiger partial charge in [-0.3, -0.25) is 34.0 Å². The Labute approximate surface area is 438 Å². The van der Waals surface area contributed by atoms with E-state index in [0.717, 1.165) is 92.5 Å². The number of allylic oxidation sites excluding steroid dienone is 2. The number of rotatable bonds is 16. The molecule has 3 aliphatic carbocycles. The van der Waals surface area contributed by atoms with Crippen LogP contribution < -0.4 is 20.3 Å².